The molecule has 6 heteroatoms. The van der Waals surface area contributed by atoms with E-state index in [2.05, 4.69) is 74.4 Å². The fourth-order valence-electron chi connectivity index (χ4n) is 3.67. The topological polar surface area (TPSA) is 41.6 Å². The van der Waals surface area contributed by atoms with E-state index in [1.807, 2.05) is 33.8 Å². The molecule has 1 amide bonds. The maximum atomic E-state index is 12.1. The molecule has 0 saturated heterocycles. The van der Waals surface area contributed by atoms with E-state index in [0.717, 1.165) is 11.0 Å². The predicted octanol–water partition coefficient (Wildman–Crippen LogP) is 6.87. The Kier molecular flexibility index (Phi) is 6.76. The number of benzene rings is 2. The van der Waals surface area contributed by atoms with E-state index in [0.29, 0.717) is 12.6 Å². The second-order valence-electron chi connectivity index (χ2n) is 8.57. The average Bonchev–Trinajstić information content (AvgIpc) is 3.14. The summed E-state index contributed by atoms with van der Waals surface area (Å²) in [7, 11) is 0. The molecule has 29 heavy (non-hydrogen) atoms. The van der Waals surface area contributed by atoms with E-state index >= 15 is 0 Å². The van der Waals surface area contributed by atoms with Crippen molar-refractivity contribution < 1.29 is 9.53 Å². The highest BCUT2D eigenvalue weighted by Gasteiger charge is 2.33. The molecule has 2 atom stereocenters. The Morgan fingerprint density at radius 1 is 1.03 bits per heavy atom. The van der Waals surface area contributed by atoms with Crippen molar-refractivity contribution in [2.45, 2.75) is 65.4 Å². The number of hydrogen-bond acceptors (Lipinski definition) is 3. The lowest BCUT2D eigenvalue weighted by Gasteiger charge is -2.27. The Balaban J connectivity index is 0.000000186. The molecule has 2 unspecified atom stereocenters. The van der Waals surface area contributed by atoms with Gasteiger partial charge in [0.1, 0.15) is 5.60 Å². The predicted molar refractivity (Wildman–Crippen MR) is 124 cm³/mol. The smallest absolute Gasteiger partial charge is 0.411 e. The summed E-state index contributed by atoms with van der Waals surface area (Å²) in [6, 6.07) is 13.2. The second-order valence-corrected chi connectivity index (χ2v) is 10.4. The molecule has 1 N–H and O–H groups in total. The maximum absolute atomic E-state index is 12.1. The van der Waals surface area contributed by atoms with Crippen molar-refractivity contribution in [3.8, 4) is 0 Å². The van der Waals surface area contributed by atoms with Gasteiger partial charge in [0.2, 0.25) is 0 Å². The zero-order valence-electron chi connectivity index (χ0n) is 17.6. The van der Waals surface area contributed by atoms with E-state index < -0.39 is 5.60 Å². The van der Waals surface area contributed by atoms with Crippen molar-refractivity contribution in [2.75, 3.05) is 0 Å². The van der Waals surface area contributed by atoms with Gasteiger partial charge in [-0.05, 0) is 81.1 Å². The summed E-state index contributed by atoms with van der Waals surface area (Å²) in [5.41, 5.74) is 4.79. The van der Waals surface area contributed by atoms with Gasteiger partial charge in [-0.25, -0.2) is 4.79 Å². The summed E-state index contributed by atoms with van der Waals surface area (Å²) in [6.45, 7) is 11.5. The third-order valence-corrected chi connectivity index (χ3v) is 6.15. The monoisotopic (exact) mass is 522 g/mol. The Morgan fingerprint density at radius 2 is 1.62 bits per heavy atom. The molecule has 2 aromatic rings. The van der Waals surface area contributed by atoms with Gasteiger partial charge in [0, 0.05) is 21.5 Å². The van der Waals surface area contributed by atoms with Crippen LogP contribution in [0.4, 0.5) is 4.79 Å². The number of nitrogens with zero attached hydrogens (tertiary/aromatic N) is 1. The lowest BCUT2D eigenvalue weighted by Crippen LogP contribution is -2.34. The summed E-state index contributed by atoms with van der Waals surface area (Å²) in [5, 5.41) is 3.39. The van der Waals surface area contributed by atoms with Crippen LogP contribution in [0.25, 0.3) is 0 Å². The number of ether oxygens (including phenoxy) is 1. The average molecular weight is 524 g/mol. The first-order valence-corrected chi connectivity index (χ1v) is 11.4. The van der Waals surface area contributed by atoms with Crippen molar-refractivity contribution in [1.29, 1.82) is 0 Å². The molecule has 2 heterocycles. The van der Waals surface area contributed by atoms with Gasteiger partial charge in [0.25, 0.3) is 0 Å². The van der Waals surface area contributed by atoms with Crippen molar-refractivity contribution in [2.24, 2.45) is 0 Å². The fourth-order valence-corrected chi connectivity index (χ4v) is 4.49. The van der Waals surface area contributed by atoms with E-state index in [-0.39, 0.29) is 12.1 Å². The molecule has 0 bridgehead atoms. The zero-order chi connectivity index (χ0) is 21.3. The minimum atomic E-state index is -0.452. The third-order valence-electron chi connectivity index (χ3n) is 5.16. The summed E-state index contributed by atoms with van der Waals surface area (Å²) in [5.74, 6) is 0. The Labute approximate surface area is 190 Å². The van der Waals surface area contributed by atoms with Gasteiger partial charge < -0.3 is 10.1 Å². The van der Waals surface area contributed by atoms with Crippen molar-refractivity contribution in [3.63, 3.8) is 0 Å². The normalized spacial score (nSPS) is 19.9. The standard InChI is InChI=1S/C14H18BrNO2.C9H10BrN/c1-9-12-6-5-11(15)7-10(12)8-16(9)13(17)18-14(2,3)4;1-6-9-3-2-8(10)4-7(9)5-11-6/h5-7,9H,8H2,1-4H3;2-4,6,11H,5H2,1H3. The molecule has 2 aliphatic rings. The molecule has 0 aromatic heterocycles. The lowest BCUT2D eigenvalue weighted by atomic mass is 10.1. The number of amides is 1. The Bertz CT molecular complexity index is 908. The first-order valence-electron chi connectivity index (χ1n) is 9.85. The molecule has 2 aromatic carbocycles. The first kappa shape index (κ1) is 22.3. The van der Waals surface area contributed by atoms with Gasteiger partial charge in [-0.3, -0.25) is 4.90 Å². The van der Waals surface area contributed by atoms with Gasteiger partial charge >= 0.3 is 6.09 Å². The van der Waals surface area contributed by atoms with Crippen LogP contribution in [-0.4, -0.2) is 16.6 Å². The SMILES string of the molecule is CC1NCc2cc(Br)ccc21.CC1c2ccc(Br)cc2CN1C(=O)OC(C)(C)C. The van der Waals surface area contributed by atoms with Crippen molar-refractivity contribution in [1.82, 2.24) is 10.2 Å². The molecule has 0 fully saturated rings. The van der Waals surface area contributed by atoms with Crippen LogP contribution in [0.15, 0.2) is 45.3 Å². The van der Waals surface area contributed by atoms with Crippen LogP contribution in [0, 0.1) is 0 Å². The molecular weight excluding hydrogens is 496 g/mol. The van der Waals surface area contributed by atoms with Gasteiger partial charge in [0.05, 0.1) is 12.6 Å². The fraction of sp³-hybridized carbons (Fsp3) is 0.435. The molecule has 2 aliphatic heterocycles. The van der Waals surface area contributed by atoms with Crippen LogP contribution >= 0.6 is 31.9 Å². The number of nitrogens with one attached hydrogen (secondary N) is 1. The molecule has 0 saturated carbocycles. The summed E-state index contributed by atoms with van der Waals surface area (Å²) in [4.78, 5) is 13.9. The minimum absolute atomic E-state index is 0.0722. The van der Waals surface area contributed by atoms with Crippen molar-refractivity contribution in [3.05, 3.63) is 67.6 Å². The van der Waals surface area contributed by atoms with Crippen LogP contribution < -0.4 is 5.32 Å². The van der Waals surface area contributed by atoms with Crippen LogP contribution in [0.3, 0.4) is 0 Å². The van der Waals surface area contributed by atoms with Crippen LogP contribution in [0.2, 0.25) is 0 Å². The third kappa shape index (κ3) is 5.41. The molecule has 0 spiro atoms. The van der Waals surface area contributed by atoms with E-state index in [1.54, 1.807) is 4.90 Å². The summed E-state index contributed by atoms with van der Waals surface area (Å²) < 4.78 is 7.64. The highest BCUT2D eigenvalue weighted by Crippen LogP contribution is 2.35. The summed E-state index contributed by atoms with van der Waals surface area (Å²) >= 11 is 6.91. The Hall–Kier alpha value is -1.37. The number of carbonyl (C=O) groups is 1. The number of hydrogen-bond donors (Lipinski definition) is 1. The second kappa shape index (κ2) is 8.78. The largest absolute Gasteiger partial charge is 0.444 e. The first-order chi connectivity index (χ1) is 13.5. The van der Waals surface area contributed by atoms with Gasteiger partial charge in [0.15, 0.2) is 0 Å². The van der Waals surface area contributed by atoms with Crippen molar-refractivity contribution >= 4 is 38.0 Å². The van der Waals surface area contributed by atoms with Crippen LogP contribution in [0.1, 0.15) is 69.0 Å². The Morgan fingerprint density at radius 3 is 2.24 bits per heavy atom. The number of carbonyl (C=O) groups excluding carboxylic acids is 1. The van der Waals surface area contributed by atoms with E-state index in [1.165, 1.54) is 26.7 Å². The molecule has 4 nitrogen and oxygen atoms in total. The van der Waals surface area contributed by atoms with Gasteiger partial charge in [-0.15, -0.1) is 0 Å². The molecule has 156 valence electrons. The van der Waals surface area contributed by atoms with Crippen LogP contribution in [-0.2, 0) is 17.8 Å². The van der Waals surface area contributed by atoms with Crippen LogP contribution in [0.5, 0.6) is 0 Å². The highest BCUT2D eigenvalue weighted by atomic mass is 79.9. The summed E-state index contributed by atoms with van der Waals surface area (Å²) in [6.07, 6.45) is -0.248. The number of halogens is 2. The minimum Gasteiger partial charge on any atom is -0.444 e. The zero-order valence-corrected chi connectivity index (χ0v) is 20.7. The van der Waals surface area contributed by atoms with E-state index in [4.69, 9.17) is 4.74 Å². The lowest BCUT2D eigenvalue weighted by molar-refractivity contribution is 0.0187. The molecule has 0 radical (unpaired) electrons. The quantitative estimate of drug-likeness (QED) is 0.409. The highest BCUT2D eigenvalue weighted by molar-refractivity contribution is 9.10. The molecular formula is C23H28Br2N2O2. The molecule has 4 rings (SSSR count). The number of rotatable bonds is 0. The van der Waals surface area contributed by atoms with E-state index in [9.17, 15) is 4.79 Å². The maximum Gasteiger partial charge on any atom is 0.411 e. The number of fused-ring (bicyclic) bond motifs is 2. The molecule has 0 aliphatic carbocycles. The van der Waals surface area contributed by atoms with Gasteiger partial charge in [-0.2, -0.15) is 0 Å². The van der Waals surface area contributed by atoms with Gasteiger partial charge in [-0.1, -0.05) is 44.0 Å².